The van der Waals surface area contributed by atoms with Crippen molar-refractivity contribution in [3.8, 4) is 0 Å². The van der Waals surface area contributed by atoms with Crippen molar-refractivity contribution >= 4 is 23.3 Å². The van der Waals surface area contributed by atoms with Crippen LogP contribution < -0.4 is 0 Å². The summed E-state index contributed by atoms with van der Waals surface area (Å²) < 4.78 is 9.88. The lowest BCUT2D eigenvalue weighted by Gasteiger charge is -2.25. The molecule has 26 heavy (non-hydrogen) atoms. The summed E-state index contributed by atoms with van der Waals surface area (Å²) in [5.74, 6) is -1.58. The highest BCUT2D eigenvalue weighted by Gasteiger charge is 2.35. The maximum atomic E-state index is 12.4. The third kappa shape index (κ3) is 3.42. The zero-order valence-corrected chi connectivity index (χ0v) is 14.6. The van der Waals surface area contributed by atoms with E-state index in [-0.39, 0.29) is 6.42 Å². The number of benzene rings is 2. The summed E-state index contributed by atoms with van der Waals surface area (Å²) in [6, 6.07) is 18.8. The molecule has 2 aromatic rings. The highest BCUT2D eigenvalue weighted by atomic mass is 16.5. The number of ether oxygens (including phenoxy) is 2. The first kappa shape index (κ1) is 17.6. The maximum Gasteiger partial charge on any atom is 0.335 e. The highest BCUT2D eigenvalue weighted by molar-refractivity contribution is 6.17. The average Bonchev–Trinajstić information content (AvgIpc) is 2.73. The molecular weight excluding hydrogens is 330 g/mol. The van der Waals surface area contributed by atoms with Crippen molar-refractivity contribution in [1.82, 2.24) is 0 Å². The van der Waals surface area contributed by atoms with Gasteiger partial charge in [0.15, 0.2) is 0 Å². The lowest BCUT2D eigenvalue weighted by atomic mass is 9.85. The molecule has 0 fully saturated rings. The number of nitrogens with zero attached hydrogens (tertiary/aromatic N) is 1. The van der Waals surface area contributed by atoms with Crippen molar-refractivity contribution in [2.45, 2.75) is 6.42 Å². The first-order valence-electron chi connectivity index (χ1n) is 8.24. The molecule has 0 spiro atoms. The van der Waals surface area contributed by atoms with Crippen molar-refractivity contribution in [3.63, 3.8) is 0 Å². The van der Waals surface area contributed by atoms with Crippen LogP contribution in [-0.4, -0.2) is 31.9 Å². The van der Waals surface area contributed by atoms with E-state index in [2.05, 4.69) is 0 Å². The van der Waals surface area contributed by atoms with Gasteiger partial charge in [0.25, 0.3) is 0 Å². The third-order valence-corrected chi connectivity index (χ3v) is 4.29. The van der Waals surface area contributed by atoms with Crippen LogP contribution in [0.1, 0.15) is 17.5 Å². The van der Waals surface area contributed by atoms with E-state index in [0.717, 1.165) is 11.1 Å². The topological polar surface area (TPSA) is 65.0 Å². The fraction of sp³-hybridized carbons (Fsp3) is 0.190. The van der Waals surface area contributed by atoms with Gasteiger partial charge in [-0.1, -0.05) is 60.7 Å². The smallest absolute Gasteiger partial charge is 0.335 e. The van der Waals surface area contributed by atoms with Gasteiger partial charge in [0, 0.05) is 12.0 Å². The monoisotopic (exact) mass is 349 g/mol. The Hall–Kier alpha value is -3.21. The van der Waals surface area contributed by atoms with Crippen LogP contribution in [0.5, 0.6) is 0 Å². The van der Waals surface area contributed by atoms with Crippen LogP contribution in [0.15, 0.2) is 71.2 Å². The van der Waals surface area contributed by atoms with Crippen LogP contribution in [0.25, 0.3) is 5.70 Å². The molecule has 0 N–H and O–H groups in total. The summed E-state index contributed by atoms with van der Waals surface area (Å²) in [5, 5.41) is 0. The molecule has 0 aliphatic carbocycles. The Morgan fingerprint density at radius 2 is 1.46 bits per heavy atom. The van der Waals surface area contributed by atoms with Crippen molar-refractivity contribution in [3.05, 3.63) is 77.4 Å². The molecule has 1 atom stereocenters. The SMILES string of the molecule is COC(=O)C1=C(c2ccccc2)N=C(c2ccccc2)C(C(=O)OC)C1. The van der Waals surface area contributed by atoms with Crippen LogP contribution in [-0.2, 0) is 19.1 Å². The quantitative estimate of drug-likeness (QED) is 0.795. The van der Waals surface area contributed by atoms with Crippen LogP contribution in [0.4, 0.5) is 0 Å². The Bertz CT molecular complexity index is 869. The van der Waals surface area contributed by atoms with Crippen LogP contribution in [0, 0.1) is 5.92 Å². The Kier molecular flexibility index (Phi) is 5.27. The van der Waals surface area contributed by atoms with E-state index >= 15 is 0 Å². The van der Waals surface area contributed by atoms with Gasteiger partial charge in [0.2, 0.25) is 0 Å². The van der Waals surface area contributed by atoms with Crippen molar-refractivity contribution in [2.24, 2.45) is 10.9 Å². The lowest BCUT2D eigenvalue weighted by molar-refractivity contribution is -0.143. The van der Waals surface area contributed by atoms with Crippen molar-refractivity contribution in [1.29, 1.82) is 0 Å². The van der Waals surface area contributed by atoms with Crippen molar-refractivity contribution < 1.29 is 19.1 Å². The van der Waals surface area contributed by atoms with Gasteiger partial charge < -0.3 is 9.47 Å². The molecule has 5 nitrogen and oxygen atoms in total. The second-order valence-corrected chi connectivity index (χ2v) is 5.83. The fourth-order valence-electron chi connectivity index (χ4n) is 3.01. The van der Waals surface area contributed by atoms with Gasteiger partial charge in [-0.25, -0.2) is 4.79 Å². The number of rotatable bonds is 4. The molecule has 0 bridgehead atoms. The summed E-state index contributed by atoms with van der Waals surface area (Å²) in [6.07, 6.45) is 0.178. The number of esters is 2. The molecule has 1 unspecified atom stereocenters. The summed E-state index contributed by atoms with van der Waals surface area (Å²) >= 11 is 0. The molecule has 0 saturated heterocycles. The zero-order valence-electron chi connectivity index (χ0n) is 14.6. The Morgan fingerprint density at radius 3 is 2.00 bits per heavy atom. The number of methoxy groups -OCH3 is 2. The van der Waals surface area contributed by atoms with Gasteiger partial charge in [-0.2, -0.15) is 0 Å². The van der Waals surface area contributed by atoms with E-state index in [1.165, 1.54) is 14.2 Å². The molecular formula is C21H19NO4. The predicted molar refractivity (Wildman–Crippen MR) is 98.5 cm³/mol. The number of hydrogen-bond donors (Lipinski definition) is 0. The molecule has 1 heterocycles. The zero-order chi connectivity index (χ0) is 18.5. The van der Waals surface area contributed by atoms with E-state index in [4.69, 9.17) is 14.5 Å². The fourth-order valence-corrected chi connectivity index (χ4v) is 3.01. The second-order valence-electron chi connectivity index (χ2n) is 5.83. The van der Waals surface area contributed by atoms with E-state index in [9.17, 15) is 9.59 Å². The molecule has 2 aromatic carbocycles. The summed E-state index contributed by atoms with van der Waals surface area (Å²) in [4.78, 5) is 29.4. The second kappa shape index (κ2) is 7.78. The average molecular weight is 349 g/mol. The van der Waals surface area contributed by atoms with Crippen molar-refractivity contribution in [2.75, 3.05) is 14.2 Å². The number of hydrogen-bond acceptors (Lipinski definition) is 5. The Balaban J connectivity index is 2.20. The maximum absolute atomic E-state index is 12.4. The first-order valence-corrected chi connectivity index (χ1v) is 8.24. The molecule has 0 radical (unpaired) electrons. The molecule has 1 aliphatic heterocycles. The minimum absolute atomic E-state index is 0.178. The van der Waals surface area contributed by atoms with Gasteiger partial charge in [0.1, 0.15) is 5.92 Å². The normalized spacial score (nSPS) is 16.7. The molecule has 0 saturated carbocycles. The van der Waals surface area contributed by atoms with Crippen LogP contribution in [0.2, 0.25) is 0 Å². The summed E-state index contributed by atoms with van der Waals surface area (Å²) in [5.41, 5.74) is 3.10. The van der Waals surface area contributed by atoms with Gasteiger partial charge in [0.05, 0.1) is 31.2 Å². The highest BCUT2D eigenvalue weighted by Crippen LogP contribution is 2.34. The van der Waals surface area contributed by atoms with E-state index in [1.54, 1.807) is 0 Å². The van der Waals surface area contributed by atoms with E-state index < -0.39 is 17.9 Å². The first-order chi connectivity index (χ1) is 12.7. The Morgan fingerprint density at radius 1 is 0.885 bits per heavy atom. The van der Waals surface area contributed by atoms with Gasteiger partial charge in [-0.15, -0.1) is 0 Å². The number of aliphatic imine (C=N–C) groups is 1. The largest absolute Gasteiger partial charge is 0.468 e. The predicted octanol–water partition coefficient (Wildman–Crippen LogP) is 3.25. The van der Waals surface area contributed by atoms with Crippen LogP contribution >= 0.6 is 0 Å². The number of carbonyl (C=O) groups is 2. The molecule has 0 aromatic heterocycles. The minimum atomic E-state index is -0.663. The van der Waals surface area contributed by atoms with Gasteiger partial charge in [-0.05, 0) is 5.56 Å². The molecule has 132 valence electrons. The number of carbonyl (C=O) groups excluding carboxylic acids is 2. The van der Waals surface area contributed by atoms with Gasteiger partial charge >= 0.3 is 11.9 Å². The Labute approximate surface area is 152 Å². The van der Waals surface area contributed by atoms with Crippen LogP contribution in [0.3, 0.4) is 0 Å². The summed E-state index contributed by atoms with van der Waals surface area (Å²) in [7, 11) is 2.65. The molecule has 5 heteroatoms. The molecule has 0 amide bonds. The lowest BCUT2D eigenvalue weighted by Crippen LogP contribution is -2.31. The molecule has 3 rings (SSSR count). The van der Waals surface area contributed by atoms with E-state index in [1.807, 2.05) is 60.7 Å². The summed E-state index contributed by atoms with van der Waals surface area (Å²) in [6.45, 7) is 0. The molecule has 1 aliphatic rings. The standard InChI is InChI=1S/C21H19NO4/c1-25-20(23)16-13-17(21(24)26-2)19(15-11-7-4-8-12-15)22-18(16)14-9-5-3-6-10-14/h3-12,16H,13H2,1-2H3. The van der Waals surface area contributed by atoms with Gasteiger partial charge in [-0.3, -0.25) is 9.79 Å². The third-order valence-electron chi connectivity index (χ3n) is 4.29. The van der Waals surface area contributed by atoms with E-state index in [0.29, 0.717) is 17.0 Å². The minimum Gasteiger partial charge on any atom is -0.468 e.